The molecule has 1 heterocycles. The fraction of sp³-hybridized carbons (Fsp3) is 0.200. The third-order valence-electron chi connectivity index (χ3n) is 5.96. The summed E-state index contributed by atoms with van der Waals surface area (Å²) >= 11 is 0. The molecule has 202 valence electrons. The maximum atomic E-state index is 13.1. The number of hydrogen-bond donors (Lipinski definition) is 3. The maximum absolute atomic E-state index is 13.1. The van der Waals surface area contributed by atoms with Crippen molar-refractivity contribution in [1.82, 2.24) is 0 Å². The molecule has 0 aromatic heterocycles. The minimum absolute atomic E-state index is 0.0167. The fourth-order valence-electron chi connectivity index (χ4n) is 4.13. The number of amides is 2. The van der Waals surface area contributed by atoms with Crippen LogP contribution in [0, 0.1) is 0 Å². The van der Waals surface area contributed by atoms with Crippen LogP contribution in [-0.2, 0) is 22.2 Å². The van der Waals surface area contributed by atoms with Crippen LogP contribution in [-0.4, -0.2) is 29.1 Å². The average Bonchev–Trinajstić information content (AvgIpc) is 2.88. The molecular weight excluding hydrogens is 509 g/mol. The minimum Gasteiger partial charge on any atom is -0.491 e. The number of allylic oxidation sites excluding steroid dienone is 2. The number of nitrogens with one attached hydrogen (secondary N) is 2. The zero-order valence-electron chi connectivity index (χ0n) is 21.3. The molecule has 3 aromatic carbocycles. The van der Waals surface area contributed by atoms with Crippen LogP contribution in [0.5, 0.6) is 5.75 Å². The monoisotopic (exact) mass is 536 g/mol. The molecule has 3 N–H and O–H groups in total. The summed E-state index contributed by atoms with van der Waals surface area (Å²) in [6.07, 6.45) is -1.17. The van der Waals surface area contributed by atoms with E-state index >= 15 is 0 Å². The van der Waals surface area contributed by atoms with Gasteiger partial charge in [-0.15, -0.1) is 0 Å². The summed E-state index contributed by atoms with van der Waals surface area (Å²) in [6.45, 7) is 3.81. The summed E-state index contributed by atoms with van der Waals surface area (Å²) in [6, 6.07) is 17.0. The zero-order chi connectivity index (χ0) is 28.2. The first-order valence-corrected chi connectivity index (χ1v) is 12.3. The highest BCUT2D eigenvalue weighted by Crippen LogP contribution is 2.32. The van der Waals surface area contributed by atoms with Gasteiger partial charge >= 0.3 is 6.18 Å². The molecule has 4 rings (SSSR count). The summed E-state index contributed by atoms with van der Waals surface area (Å²) in [5.41, 5.74) is 2.68. The number of halogens is 3. The van der Waals surface area contributed by atoms with E-state index < -0.39 is 29.7 Å². The van der Waals surface area contributed by atoms with Crippen molar-refractivity contribution >= 4 is 28.8 Å². The van der Waals surface area contributed by atoms with E-state index in [0.717, 1.165) is 17.7 Å². The van der Waals surface area contributed by atoms with E-state index in [1.807, 2.05) is 13.8 Å². The summed E-state index contributed by atoms with van der Waals surface area (Å²) in [4.78, 5) is 24.4. The topological polar surface area (TPSA) is 87.7 Å². The Morgan fingerprint density at radius 3 is 2.31 bits per heavy atom. The predicted octanol–water partition coefficient (Wildman–Crippen LogP) is 5.97. The lowest BCUT2D eigenvalue weighted by Crippen LogP contribution is -2.34. The van der Waals surface area contributed by atoms with E-state index in [4.69, 9.17) is 4.74 Å². The van der Waals surface area contributed by atoms with Gasteiger partial charge in [0.15, 0.2) is 0 Å². The Labute approximate surface area is 223 Å². The lowest BCUT2D eigenvalue weighted by atomic mass is 9.96. The lowest BCUT2D eigenvalue weighted by molar-refractivity contribution is -0.137. The Hall–Kier alpha value is -4.37. The first-order valence-electron chi connectivity index (χ1n) is 12.3. The Morgan fingerprint density at radius 2 is 1.69 bits per heavy atom. The van der Waals surface area contributed by atoms with Gasteiger partial charge < -0.3 is 20.5 Å². The number of aliphatic hydroxyl groups excluding tert-OH is 1. The molecule has 0 bridgehead atoms. The van der Waals surface area contributed by atoms with E-state index in [1.165, 1.54) is 24.3 Å². The van der Waals surface area contributed by atoms with E-state index in [-0.39, 0.29) is 12.5 Å². The summed E-state index contributed by atoms with van der Waals surface area (Å²) in [5, 5.41) is 15.3. The normalized spacial score (nSPS) is 15.7. The third kappa shape index (κ3) is 6.94. The maximum Gasteiger partial charge on any atom is 0.416 e. The molecule has 3 aromatic rings. The minimum atomic E-state index is -4.45. The highest BCUT2D eigenvalue weighted by Gasteiger charge is 2.30. The SMILES string of the molecule is CC(C)Oc1ccc(/C(=C\C=C\C(=O)Nc2cccc3c2CC(O)C(=O)N3)c2ccc(C(F)(F)F)cc2)cc1. The molecule has 2 amide bonds. The number of carbonyl (C=O) groups is 2. The van der Waals surface area contributed by atoms with Crippen molar-refractivity contribution < 1.29 is 32.6 Å². The van der Waals surface area contributed by atoms with Crippen molar-refractivity contribution in [2.24, 2.45) is 0 Å². The van der Waals surface area contributed by atoms with Gasteiger partial charge in [0.25, 0.3) is 5.91 Å². The van der Waals surface area contributed by atoms with Crippen LogP contribution in [0.3, 0.4) is 0 Å². The van der Waals surface area contributed by atoms with Crippen LogP contribution in [0.25, 0.3) is 5.57 Å². The van der Waals surface area contributed by atoms with Gasteiger partial charge in [-0.05, 0) is 66.9 Å². The number of ether oxygens (including phenoxy) is 1. The van der Waals surface area contributed by atoms with Gasteiger partial charge in [-0.25, -0.2) is 0 Å². The van der Waals surface area contributed by atoms with Crippen molar-refractivity contribution in [3.05, 3.63) is 107 Å². The number of anilines is 2. The smallest absolute Gasteiger partial charge is 0.416 e. The van der Waals surface area contributed by atoms with Crippen LogP contribution >= 0.6 is 0 Å². The largest absolute Gasteiger partial charge is 0.491 e. The number of aliphatic hydroxyl groups is 1. The average molecular weight is 537 g/mol. The van der Waals surface area contributed by atoms with Gasteiger partial charge in [-0.3, -0.25) is 9.59 Å². The third-order valence-corrected chi connectivity index (χ3v) is 5.96. The number of fused-ring (bicyclic) bond motifs is 1. The van der Waals surface area contributed by atoms with E-state index in [1.54, 1.807) is 48.5 Å². The fourth-order valence-corrected chi connectivity index (χ4v) is 4.13. The second-order valence-electron chi connectivity index (χ2n) is 9.24. The van der Waals surface area contributed by atoms with Gasteiger partial charge in [-0.2, -0.15) is 13.2 Å². The Balaban J connectivity index is 1.59. The number of hydrogen-bond acceptors (Lipinski definition) is 4. The predicted molar refractivity (Wildman–Crippen MR) is 143 cm³/mol. The first-order chi connectivity index (χ1) is 18.5. The molecule has 0 fully saturated rings. The van der Waals surface area contributed by atoms with Crippen molar-refractivity contribution in [2.45, 2.75) is 38.7 Å². The lowest BCUT2D eigenvalue weighted by Gasteiger charge is -2.23. The molecule has 39 heavy (non-hydrogen) atoms. The number of carbonyl (C=O) groups excluding carboxylic acids is 2. The molecule has 6 nitrogen and oxygen atoms in total. The first kappa shape index (κ1) is 27.7. The Bertz CT molecular complexity index is 1410. The second kappa shape index (κ2) is 11.6. The summed E-state index contributed by atoms with van der Waals surface area (Å²) < 4.78 is 44.9. The molecule has 1 atom stereocenters. The van der Waals surface area contributed by atoms with Gasteiger partial charge in [0.1, 0.15) is 11.9 Å². The highest BCUT2D eigenvalue weighted by molar-refractivity contribution is 6.03. The molecule has 0 aliphatic carbocycles. The molecule has 1 aliphatic heterocycles. The molecule has 1 unspecified atom stereocenters. The Kier molecular flexibility index (Phi) is 8.21. The summed E-state index contributed by atoms with van der Waals surface area (Å²) in [7, 11) is 0. The summed E-state index contributed by atoms with van der Waals surface area (Å²) in [5.74, 6) is -0.308. The molecule has 0 radical (unpaired) electrons. The molecule has 1 aliphatic rings. The van der Waals surface area contributed by atoms with Crippen molar-refractivity contribution in [2.75, 3.05) is 10.6 Å². The molecular formula is C30H27F3N2O4. The second-order valence-corrected chi connectivity index (χ2v) is 9.24. The van der Waals surface area contributed by atoms with Gasteiger partial charge in [0.05, 0.1) is 11.7 Å². The molecule has 0 saturated heterocycles. The number of benzene rings is 3. The standard InChI is InChI=1S/C30H27F3N2O4/c1-18(2)39-22-15-11-20(12-16-22)23(19-9-13-21(14-10-19)30(31,32)33)5-3-8-28(37)34-25-6-4-7-26-24(25)17-27(36)29(38)35-26/h3-16,18,27,36H,17H2,1-2H3,(H,34,37)(H,35,38)/b8-3+,23-5-. The van der Waals surface area contributed by atoms with E-state index in [9.17, 15) is 27.9 Å². The van der Waals surface area contributed by atoms with Gasteiger partial charge in [0, 0.05) is 29.4 Å². The van der Waals surface area contributed by atoms with Crippen LogP contribution in [0.1, 0.15) is 36.1 Å². The van der Waals surface area contributed by atoms with E-state index in [2.05, 4.69) is 10.6 Å². The van der Waals surface area contributed by atoms with Crippen molar-refractivity contribution in [3.8, 4) is 5.75 Å². The van der Waals surface area contributed by atoms with E-state index in [0.29, 0.717) is 33.8 Å². The molecule has 0 spiro atoms. The van der Waals surface area contributed by atoms with Crippen LogP contribution in [0.2, 0.25) is 0 Å². The van der Waals surface area contributed by atoms with Crippen molar-refractivity contribution in [3.63, 3.8) is 0 Å². The highest BCUT2D eigenvalue weighted by atomic mass is 19.4. The van der Waals surface area contributed by atoms with Crippen LogP contribution < -0.4 is 15.4 Å². The van der Waals surface area contributed by atoms with Gasteiger partial charge in [-0.1, -0.05) is 42.5 Å². The Morgan fingerprint density at radius 1 is 1.05 bits per heavy atom. The van der Waals surface area contributed by atoms with Gasteiger partial charge in [0.2, 0.25) is 5.91 Å². The number of rotatable bonds is 7. The van der Waals surface area contributed by atoms with Crippen molar-refractivity contribution in [1.29, 1.82) is 0 Å². The molecule has 9 heteroatoms. The van der Waals surface area contributed by atoms with Crippen LogP contribution in [0.4, 0.5) is 24.5 Å². The number of alkyl halides is 3. The quantitative estimate of drug-likeness (QED) is 0.256. The van der Waals surface area contributed by atoms with Crippen LogP contribution in [0.15, 0.2) is 85.0 Å². The molecule has 0 saturated carbocycles. The zero-order valence-corrected chi connectivity index (χ0v) is 21.3.